The fraction of sp³-hybridized carbons (Fsp3) is 0.241. The van der Waals surface area contributed by atoms with E-state index in [1.54, 1.807) is 12.1 Å². The Morgan fingerprint density at radius 3 is 2.22 bits per heavy atom. The summed E-state index contributed by atoms with van der Waals surface area (Å²) in [4.78, 5) is 27.5. The third kappa shape index (κ3) is 6.24. The van der Waals surface area contributed by atoms with Gasteiger partial charge in [0.1, 0.15) is 0 Å². The number of aromatic nitrogens is 2. The number of carbonyl (C=O) groups excluding carboxylic acids is 1. The number of hydrogen-bond acceptors (Lipinski definition) is 6. The van der Waals surface area contributed by atoms with Crippen LogP contribution in [0.4, 0.5) is 5.69 Å². The van der Waals surface area contributed by atoms with Gasteiger partial charge >= 0.3 is 5.97 Å². The lowest BCUT2D eigenvalue weighted by Crippen LogP contribution is -2.16. The summed E-state index contributed by atoms with van der Waals surface area (Å²) < 4.78 is 5.44. The molecule has 4 rings (SSSR count). The van der Waals surface area contributed by atoms with Crippen molar-refractivity contribution in [2.45, 2.75) is 39.2 Å². The molecule has 0 aliphatic rings. The van der Waals surface area contributed by atoms with Crippen molar-refractivity contribution in [3.05, 3.63) is 90.0 Å². The molecule has 4 aromatic rings. The Labute approximate surface area is 210 Å². The predicted octanol–water partition coefficient (Wildman–Crippen LogP) is 6.65. The molecule has 184 valence electrons. The van der Waals surface area contributed by atoms with Crippen LogP contribution >= 0.6 is 0 Å². The number of rotatable bonds is 11. The van der Waals surface area contributed by atoms with Gasteiger partial charge in [-0.25, -0.2) is 0 Å². The monoisotopic (exact) mass is 483 g/mol. The van der Waals surface area contributed by atoms with Gasteiger partial charge in [-0.3, -0.25) is 9.59 Å². The first-order valence-corrected chi connectivity index (χ1v) is 12.0. The Kier molecular flexibility index (Phi) is 7.90. The molecule has 1 heterocycles. The summed E-state index contributed by atoms with van der Waals surface area (Å²) in [6.07, 6.45) is 0.575. The maximum atomic E-state index is 12.3. The Morgan fingerprint density at radius 2 is 1.58 bits per heavy atom. The molecule has 7 heteroatoms. The number of hydrogen-bond donors (Lipinski definition) is 2. The van der Waals surface area contributed by atoms with Gasteiger partial charge in [-0.2, -0.15) is 4.98 Å². The highest BCUT2D eigenvalue weighted by atomic mass is 16.5. The van der Waals surface area contributed by atoms with E-state index in [4.69, 9.17) is 9.63 Å². The first-order valence-electron chi connectivity index (χ1n) is 12.0. The molecule has 0 saturated carbocycles. The lowest BCUT2D eigenvalue weighted by atomic mass is 9.94. The molecule has 1 atom stereocenters. The van der Waals surface area contributed by atoms with Crippen LogP contribution in [0.1, 0.15) is 55.1 Å². The summed E-state index contributed by atoms with van der Waals surface area (Å²) in [7, 11) is 0. The van der Waals surface area contributed by atoms with Crippen molar-refractivity contribution in [3.63, 3.8) is 0 Å². The Bertz CT molecular complexity index is 1300. The molecule has 0 saturated heterocycles. The Hall–Kier alpha value is -4.26. The van der Waals surface area contributed by atoms with Crippen LogP contribution in [0.5, 0.6) is 0 Å². The van der Waals surface area contributed by atoms with Gasteiger partial charge in [0.15, 0.2) is 5.78 Å². The number of carbonyl (C=O) groups is 2. The lowest BCUT2D eigenvalue weighted by molar-refractivity contribution is -0.137. The predicted molar refractivity (Wildman–Crippen MR) is 139 cm³/mol. The van der Waals surface area contributed by atoms with E-state index in [-0.39, 0.29) is 24.7 Å². The number of ketones is 1. The number of Topliss-reactive ketones (excluding diaryl/α,β-unsaturated/α-hetero) is 1. The van der Waals surface area contributed by atoms with Gasteiger partial charge < -0.3 is 14.9 Å². The first-order chi connectivity index (χ1) is 17.4. The second-order valence-electron chi connectivity index (χ2n) is 9.03. The quantitative estimate of drug-likeness (QED) is 0.230. The van der Waals surface area contributed by atoms with Gasteiger partial charge in [0.05, 0.1) is 6.04 Å². The highest BCUT2D eigenvalue weighted by molar-refractivity contribution is 5.96. The van der Waals surface area contributed by atoms with E-state index in [9.17, 15) is 9.59 Å². The summed E-state index contributed by atoms with van der Waals surface area (Å²) in [6.45, 7) is 4.30. The molecular weight excluding hydrogens is 454 g/mol. The minimum Gasteiger partial charge on any atom is -0.481 e. The van der Waals surface area contributed by atoms with E-state index in [0.29, 0.717) is 29.6 Å². The molecule has 1 aromatic heterocycles. The smallest absolute Gasteiger partial charge is 0.303 e. The molecule has 7 nitrogen and oxygen atoms in total. The van der Waals surface area contributed by atoms with Gasteiger partial charge in [0.2, 0.25) is 5.82 Å². The van der Waals surface area contributed by atoms with Crippen LogP contribution in [0.2, 0.25) is 0 Å². The Balaban J connectivity index is 1.43. The summed E-state index contributed by atoms with van der Waals surface area (Å²) in [6, 6.07) is 25.2. The third-order valence-electron chi connectivity index (χ3n) is 5.96. The molecule has 0 radical (unpaired) electrons. The SMILES string of the molecule is CC(C)[C@@H](Nc1ccc(C(=O)CCCC(=O)O)cc1)c1ccc(-c2noc(-c3ccccc3)n2)cc1. The molecule has 0 aliphatic heterocycles. The zero-order valence-corrected chi connectivity index (χ0v) is 20.3. The van der Waals surface area contributed by atoms with E-state index < -0.39 is 5.97 Å². The van der Waals surface area contributed by atoms with Crippen LogP contribution in [0.15, 0.2) is 83.4 Å². The second kappa shape index (κ2) is 11.4. The van der Waals surface area contributed by atoms with Crippen LogP contribution in [0, 0.1) is 5.92 Å². The molecule has 0 aliphatic carbocycles. The van der Waals surface area contributed by atoms with Crippen LogP contribution in [0.25, 0.3) is 22.8 Å². The summed E-state index contributed by atoms with van der Waals surface area (Å²) >= 11 is 0. The summed E-state index contributed by atoms with van der Waals surface area (Å²) in [5.74, 6) is 0.404. The van der Waals surface area contributed by atoms with E-state index in [2.05, 4.69) is 41.4 Å². The van der Waals surface area contributed by atoms with Gasteiger partial charge in [-0.15, -0.1) is 0 Å². The molecule has 0 bridgehead atoms. The minimum absolute atomic E-state index is 0.00114. The van der Waals surface area contributed by atoms with E-state index in [1.165, 1.54) is 0 Å². The number of anilines is 1. The maximum Gasteiger partial charge on any atom is 0.303 e. The fourth-order valence-corrected chi connectivity index (χ4v) is 3.99. The fourth-order valence-electron chi connectivity index (χ4n) is 3.99. The number of aliphatic carboxylic acids is 1. The van der Waals surface area contributed by atoms with E-state index in [0.717, 1.165) is 22.4 Å². The summed E-state index contributed by atoms with van der Waals surface area (Å²) in [5.41, 5.74) is 4.37. The molecule has 3 aromatic carbocycles. The molecule has 2 N–H and O–H groups in total. The average molecular weight is 484 g/mol. The second-order valence-corrected chi connectivity index (χ2v) is 9.03. The molecule has 36 heavy (non-hydrogen) atoms. The van der Waals surface area contributed by atoms with Crippen molar-refractivity contribution < 1.29 is 19.2 Å². The topological polar surface area (TPSA) is 105 Å². The summed E-state index contributed by atoms with van der Waals surface area (Å²) in [5, 5.41) is 16.4. The number of nitrogens with one attached hydrogen (secondary N) is 1. The maximum absolute atomic E-state index is 12.3. The third-order valence-corrected chi connectivity index (χ3v) is 5.96. The van der Waals surface area contributed by atoms with Crippen molar-refractivity contribution in [3.8, 4) is 22.8 Å². The van der Waals surface area contributed by atoms with Crippen molar-refractivity contribution in [1.29, 1.82) is 0 Å². The Morgan fingerprint density at radius 1 is 0.889 bits per heavy atom. The van der Waals surface area contributed by atoms with Crippen LogP contribution in [-0.2, 0) is 4.79 Å². The molecule has 0 spiro atoms. The lowest BCUT2D eigenvalue weighted by Gasteiger charge is -2.24. The van der Waals surface area contributed by atoms with Crippen molar-refractivity contribution in [2.24, 2.45) is 5.92 Å². The van der Waals surface area contributed by atoms with Crippen LogP contribution < -0.4 is 5.32 Å². The molecule has 0 fully saturated rings. The van der Waals surface area contributed by atoms with Crippen molar-refractivity contribution in [1.82, 2.24) is 10.1 Å². The zero-order chi connectivity index (χ0) is 25.5. The molecule has 0 unspecified atom stereocenters. The van der Waals surface area contributed by atoms with Gasteiger partial charge in [-0.1, -0.05) is 61.5 Å². The highest BCUT2D eigenvalue weighted by Gasteiger charge is 2.17. The van der Waals surface area contributed by atoms with Gasteiger partial charge in [-0.05, 0) is 54.3 Å². The van der Waals surface area contributed by atoms with Crippen molar-refractivity contribution >= 4 is 17.4 Å². The van der Waals surface area contributed by atoms with E-state index >= 15 is 0 Å². The highest BCUT2D eigenvalue weighted by Crippen LogP contribution is 2.29. The van der Waals surface area contributed by atoms with Gasteiger partial charge in [0.25, 0.3) is 5.89 Å². The molecular formula is C29H29N3O4. The number of nitrogens with zero attached hydrogens (tertiary/aromatic N) is 2. The largest absolute Gasteiger partial charge is 0.481 e. The standard InChI is InChI=1S/C29H29N3O4/c1-19(2)27(30-24-17-15-20(16-18-24)25(33)9-6-10-26(34)35)21-11-13-22(14-12-21)28-31-29(36-32-28)23-7-4-3-5-8-23/h3-5,7-8,11-19,27,30H,6,9-10H2,1-2H3,(H,34,35)/t27-/m1/s1. The van der Waals surface area contributed by atoms with E-state index in [1.807, 2.05) is 54.6 Å². The number of carboxylic acid groups (broad SMARTS) is 1. The van der Waals surface area contributed by atoms with Crippen molar-refractivity contribution in [2.75, 3.05) is 5.32 Å². The normalized spacial score (nSPS) is 11.9. The average Bonchev–Trinajstić information content (AvgIpc) is 3.38. The van der Waals surface area contributed by atoms with Gasteiger partial charge in [0, 0.05) is 35.2 Å². The van der Waals surface area contributed by atoms with Crippen LogP contribution in [-0.4, -0.2) is 27.0 Å². The number of benzene rings is 3. The number of carboxylic acids is 1. The zero-order valence-electron chi connectivity index (χ0n) is 20.3. The first kappa shape index (κ1) is 24.9. The molecule has 0 amide bonds. The van der Waals surface area contributed by atoms with Crippen LogP contribution in [0.3, 0.4) is 0 Å². The minimum atomic E-state index is -0.885.